The SMILES string of the molecule is ICC1OC12CCCCCCCCCCC2. The van der Waals surface area contributed by atoms with Gasteiger partial charge in [0.2, 0.25) is 0 Å². The molecule has 1 atom stereocenters. The first kappa shape index (κ1) is 13.1. The van der Waals surface area contributed by atoms with E-state index >= 15 is 0 Å². The third kappa shape index (κ3) is 3.59. The number of halogens is 1. The highest BCUT2D eigenvalue weighted by atomic mass is 127. The number of hydrogen-bond donors (Lipinski definition) is 0. The van der Waals surface area contributed by atoms with Gasteiger partial charge in [0.15, 0.2) is 0 Å². The maximum Gasteiger partial charge on any atom is 0.0962 e. The van der Waals surface area contributed by atoms with Crippen molar-refractivity contribution in [2.24, 2.45) is 0 Å². The zero-order chi connectivity index (χ0) is 11.3. The quantitative estimate of drug-likeness (QED) is 0.378. The van der Waals surface area contributed by atoms with Crippen molar-refractivity contribution >= 4 is 22.6 Å². The van der Waals surface area contributed by atoms with E-state index in [0.717, 1.165) is 0 Å². The summed E-state index contributed by atoms with van der Waals surface area (Å²) in [6.45, 7) is 0. The van der Waals surface area contributed by atoms with Crippen LogP contribution in [0.15, 0.2) is 0 Å². The molecule has 0 aromatic carbocycles. The minimum Gasteiger partial charge on any atom is -0.365 e. The fourth-order valence-electron chi connectivity index (χ4n) is 3.07. The van der Waals surface area contributed by atoms with Crippen molar-refractivity contribution in [2.45, 2.75) is 82.3 Å². The summed E-state index contributed by atoms with van der Waals surface area (Å²) in [4.78, 5) is 0. The summed E-state index contributed by atoms with van der Waals surface area (Å²) in [5.41, 5.74) is 0.334. The molecule has 1 heterocycles. The van der Waals surface area contributed by atoms with E-state index in [9.17, 15) is 0 Å². The zero-order valence-electron chi connectivity index (χ0n) is 10.3. The molecule has 2 aliphatic rings. The molecule has 0 bridgehead atoms. The van der Waals surface area contributed by atoms with Gasteiger partial charge in [-0.1, -0.05) is 80.4 Å². The van der Waals surface area contributed by atoms with Crippen LogP contribution in [0.3, 0.4) is 0 Å². The minimum atomic E-state index is 0.334. The summed E-state index contributed by atoms with van der Waals surface area (Å²) in [5, 5.41) is 0. The van der Waals surface area contributed by atoms with E-state index in [2.05, 4.69) is 22.6 Å². The first-order valence-corrected chi connectivity index (χ1v) is 8.64. The molecule has 1 saturated carbocycles. The Bertz CT molecular complexity index is 193. The fourth-order valence-corrected chi connectivity index (χ4v) is 4.05. The van der Waals surface area contributed by atoms with Crippen molar-refractivity contribution in [3.05, 3.63) is 0 Å². The van der Waals surface area contributed by atoms with Gasteiger partial charge < -0.3 is 4.74 Å². The smallest absolute Gasteiger partial charge is 0.0962 e. The first-order chi connectivity index (χ1) is 7.87. The Balaban J connectivity index is 1.78. The maximum absolute atomic E-state index is 5.99. The third-order valence-corrected chi connectivity index (χ3v) is 5.05. The number of epoxide rings is 1. The largest absolute Gasteiger partial charge is 0.365 e. The summed E-state index contributed by atoms with van der Waals surface area (Å²) in [6.07, 6.45) is 16.2. The van der Waals surface area contributed by atoms with Gasteiger partial charge in [-0.05, 0) is 12.8 Å². The molecule has 2 fully saturated rings. The van der Waals surface area contributed by atoms with E-state index in [0.29, 0.717) is 11.7 Å². The number of alkyl halides is 1. The molecule has 94 valence electrons. The molecule has 1 aliphatic heterocycles. The topological polar surface area (TPSA) is 12.5 Å². The average Bonchev–Trinajstić information content (AvgIpc) is 2.98. The predicted octanol–water partition coefficient (Wildman–Crippen LogP) is 4.86. The van der Waals surface area contributed by atoms with Gasteiger partial charge in [0.05, 0.1) is 11.7 Å². The molecule has 1 nitrogen and oxygen atoms in total. The average molecular weight is 336 g/mol. The molecule has 0 radical (unpaired) electrons. The molecule has 1 spiro atoms. The van der Waals surface area contributed by atoms with Crippen LogP contribution in [-0.2, 0) is 4.74 Å². The van der Waals surface area contributed by atoms with Crippen LogP contribution in [-0.4, -0.2) is 16.1 Å². The van der Waals surface area contributed by atoms with Crippen LogP contribution in [0.5, 0.6) is 0 Å². The molecule has 2 heteroatoms. The van der Waals surface area contributed by atoms with Crippen molar-refractivity contribution in [2.75, 3.05) is 4.43 Å². The lowest BCUT2D eigenvalue weighted by Gasteiger charge is -2.14. The second-order valence-corrected chi connectivity index (χ2v) is 6.39. The highest BCUT2D eigenvalue weighted by Crippen LogP contribution is 2.46. The van der Waals surface area contributed by atoms with E-state index in [-0.39, 0.29) is 0 Å². The molecule has 0 aromatic heterocycles. The summed E-state index contributed by atoms with van der Waals surface area (Å²) in [7, 11) is 0. The lowest BCUT2D eigenvalue weighted by atomic mass is 9.90. The Morgan fingerprint density at radius 3 is 1.62 bits per heavy atom. The predicted molar refractivity (Wildman–Crippen MR) is 77.3 cm³/mol. The highest BCUT2D eigenvalue weighted by molar-refractivity contribution is 14.1. The standard InChI is InChI=1S/C14H25IO/c15-12-13-14(16-13)10-8-6-4-2-1-3-5-7-9-11-14/h13H,1-12H2. The van der Waals surface area contributed by atoms with Gasteiger partial charge in [-0.25, -0.2) is 0 Å². The number of ether oxygens (including phenoxy) is 1. The van der Waals surface area contributed by atoms with Crippen LogP contribution in [0.2, 0.25) is 0 Å². The molecular formula is C14H25IO. The Morgan fingerprint density at radius 2 is 1.25 bits per heavy atom. The molecule has 1 aliphatic carbocycles. The maximum atomic E-state index is 5.99. The van der Waals surface area contributed by atoms with Crippen LogP contribution in [0, 0.1) is 0 Å². The van der Waals surface area contributed by atoms with Gasteiger partial charge in [-0.3, -0.25) is 0 Å². The van der Waals surface area contributed by atoms with E-state index in [4.69, 9.17) is 4.74 Å². The van der Waals surface area contributed by atoms with Gasteiger partial charge in [0.1, 0.15) is 0 Å². The lowest BCUT2D eigenvalue weighted by Crippen LogP contribution is -2.16. The van der Waals surface area contributed by atoms with E-state index in [1.807, 2.05) is 0 Å². The molecular weight excluding hydrogens is 311 g/mol. The summed E-state index contributed by atoms with van der Waals surface area (Å²) in [6, 6.07) is 0. The van der Waals surface area contributed by atoms with Gasteiger partial charge in [0, 0.05) is 4.43 Å². The van der Waals surface area contributed by atoms with Crippen molar-refractivity contribution in [1.29, 1.82) is 0 Å². The number of rotatable bonds is 1. The Hall–Kier alpha value is 0.690. The van der Waals surface area contributed by atoms with Crippen LogP contribution in [0.1, 0.15) is 70.6 Å². The summed E-state index contributed by atoms with van der Waals surface area (Å²) >= 11 is 2.48. The molecule has 1 unspecified atom stereocenters. The molecule has 16 heavy (non-hydrogen) atoms. The van der Waals surface area contributed by atoms with Crippen molar-refractivity contribution in [3.8, 4) is 0 Å². The molecule has 0 amide bonds. The Morgan fingerprint density at radius 1 is 0.812 bits per heavy atom. The van der Waals surface area contributed by atoms with Crippen molar-refractivity contribution in [3.63, 3.8) is 0 Å². The van der Waals surface area contributed by atoms with Crippen LogP contribution in [0.25, 0.3) is 0 Å². The van der Waals surface area contributed by atoms with Crippen molar-refractivity contribution < 1.29 is 4.74 Å². The molecule has 2 rings (SSSR count). The Kier molecular flexibility index (Phi) is 5.40. The Labute approximate surface area is 114 Å². The van der Waals surface area contributed by atoms with Gasteiger partial charge in [-0.15, -0.1) is 0 Å². The van der Waals surface area contributed by atoms with Crippen LogP contribution < -0.4 is 0 Å². The first-order valence-electron chi connectivity index (χ1n) is 7.11. The van der Waals surface area contributed by atoms with Crippen LogP contribution in [0.4, 0.5) is 0 Å². The second-order valence-electron chi connectivity index (χ2n) is 5.51. The molecule has 1 saturated heterocycles. The highest BCUT2D eigenvalue weighted by Gasteiger charge is 2.53. The second kappa shape index (κ2) is 6.58. The van der Waals surface area contributed by atoms with E-state index < -0.39 is 0 Å². The lowest BCUT2D eigenvalue weighted by molar-refractivity contribution is 0.255. The van der Waals surface area contributed by atoms with Crippen molar-refractivity contribution in [1.82, 2.24) is 0 Å². The summed E-state index contributed by atoms with van der Waals surface area (Å²) in [5.74, 6) is 0. The van der Waals surface area contributed by atoms with Gasteiger partial charge in [-0.2, -0.15) is 0 Å². The molecule has 0 aromatic rings. The minimum absolute atomic E-state index is 0.334. The van der Waals surface area contributed by atoms with Gasteiger partial charge in [0.25, 0.3) is 0 Å². The van der Waals surface area contributed by atoms with Crippen LogP contribution >= 0.6 is 22.6 Å². The normalized spacial score (nSPS) is 31.7. The fraction of sp³-hybridized carbons (Fsp3) is 1.00. The third-order valence-electron chi connectivity index (χ3n) is 4.25. The zero-order valence-corrected chi connectivity index (χ0v) is 12.5. The van der Waals surface area contributed by atoms with E-state index in [1.54, 1.807) is 0 Å². The summed E-state index contributed by atoms with van der Waals surface area (Å²) < 4.78 is 7.18. The number of hydrogen-bond acceptors (Lipinski definition) is 1. The van der Waals surface area contributed by atoms with Gasteiger partial charge >= 0.3 is 0 Å². The monoisotopic (exact) mass is 336 g/mol. The molecule has 0 N–H and O–H groups in total. The van der Waals surface area contributed by atoms with E-state index in [1.165, 1.54) is 75.1 Å².